The Labute approximate surface area is 181 Å². The molecule has 1 fully saturated rings. The molecule has 7 heteroatoms. The molecule has 2 N–H and O–H groups in total. The molecule has 1 aromatic rings. The van der Waals surface area contributed by atoms with Crippen LogP contribution < -0.4 is 5.32 Å². The van der Waals surface area contributed by atoms with Crippen LogP contribution in [0.15, 0.2) is 29.3 Å². The van der Waals surface area contributed by atoms with Crippen LogP contribution in [0.5, 0.6) is 0 Å². The minimum Gasteiger partial charge on any atom is -0.390 e. The number of benzene rings is 1. The van der Waals surface area contributed by atoms with E-state index in [1.165, 1.54) is 11.1 Å². The van der Waals surface area contributed by atoms with Gasteiger partial charge < -0.3 is 24.8 Å². The Morgan fingerprint density at radius 1 is 1.27 bits per heavy atom. The van der Waals surface area contributed by atoms with Crippen molar-refractivity contribution in [2.45, 2.75) is 32.4 Å². The Bertz CT molecular complexity index is 670. The Balaban J connectivity index is 1.45. The molecule has 1 saturated heterocycles. The van der Waals surface area contributed by atoms with Crippen LogP contribution in [-0.4, -0.2) is 93.2 Å². The molecule has 7 nitrogen and oxygen atoms in total. The number of fused-ring (bicyclic) bond motifs is 1. The number of hydrogen-bond donors (Lipinski definition) is 2. The van der Waals surface area contributed by atoms with Crippen molar-refractivity contribution in [3.05, 3.63) is 35.4 Å². The first-order valence-electron chi connectivity index (χ1n) is 11.3. The summed E-state index contributed by atoms with van der Waals surface area (Å²) in [5.74, 6) is 1.42. The maximum absolute atomic E-state index is 10.6. The molecule has 0 aliphatic carbocycles. The SMILES string of the molecule is CCNC(=NCC(O)CN1CCc2ccccc2C1)N1CCC(COCCOC)C1. The number of aliphatic hydroxyl groups excluding tert-OH is 1. The lowest BCUT2D eigenvalue weighted by atomic mass is 10.00. The van der Waals surface area contributed by atoms with Crippen molar-refractivity contribution in [3.8, 4) is 0 Å². The molecule has 0 radical (unpaired) electrons. The van der Waals surface area contributed by atoms with Crippen molar-refractivity contribution in [2.24, 2.45) is 10.9 Å². The zero-order valence-corrected chi connectivity index (χ0v) is 18.6. The summed E-state index contributed by atoms with van der Waals surface area (Å²) < 4.78 is 10.7. The smallest absolute Gasteiger partial charge is 0.194 e. The van der Waals surface area contributed by atoms with Gasteiger partial charge in [-0.3, -0.25) is 9.89 Å². The molecule has 0 saturated carbocycles. The third kappa shape index (κ3) is 6.94. The third-order valence-electron chi connectivity index (χ3n) is 5.84. The van der Waals surface area contributed by atoms with E-state index in [4.69, 9.17) is 14.5 Å². The zero-order valence-electron chi connectivity index (χ0n) is 18.6. The highest BCUT2D eigenvalue weighted by Crippen LogP contribution is 2.19. The number of hydrogen-bond acceptors (Lipinski definition) is 5. The van der Waals surface area contributed by atoms with Gasteiger partial charge in [-0.1, -0.05) is 24.3 Å². The zero-order chi connectivity index (χ0) is 21.2. The van der Waals surface area contributed by atoms with Crippen LogP contribution in [0.25, 0.3) is 0 Å². The van der Waals surface area contributed by atoms with Crippen molar-refractivity contribution in [3.63, 3.8) is 0 Å². The van der Waals surface area contributed by atoms with E-state index < -0.39 is 6.10 Å². The van der Waals surface area contributed by atoms with Gasteiger partial charge in [0.25, 0.3) is 0 Å². The fraction of sp³-hybridized carbons (Fsp3) is 0.696. The lowest BCUT2D eigenvalue weighted by molar-refractivity contribution is 0.0536. The van der Waals surface area contributed by atoms with E-state index >= 15 is 0 Å². The van der Waals surface area contributed by atoms with Crippen molar-refractivity contribution >= 4 is 5.96 Å². The number of ether oxygens (including phenoxy) is 2. The van der Waals surface area contributed by atoms with E-state index in [1.807, 2.05) is 0 Å². The molecule has 0 bridgehead atoms. The monoisotopic (exact) mass is 418 g/mol. The summed E-state index contributed by atoms with van der Waals surface area (Å²) in [5.41, 5.74) is 2.81. The summed E-state index contributed by atoms with van der Waals surface area (Å²) in [7, 11) is 1.69. The number of aliphatic imine (C=N–C) groups is 1. The van der Waals surface area contributed by atoms with Crippen molar-refractivity contribution in [1.29, 1.82) is 0 Å². The average Bonchev–Trinajstić information content (AvgIpc) is 3.23. The molecule has 0 aromatic heterocycles. The summed E-state index contributed by atoms with van der Waals surface area (Å²) in [6, 6.07) is 8.60. The van der Waals surface area contributed by atoms with Crippen molar-refractivity contribution in [1.82, 2.24) is 15.1 Å². The van der Waals surface area contributed by atoms with Crippen LogP contribution in [0.2, 0.25) is 0 Å². The van der Waals surface area contributed by atoms with E-state index in [9.17, 15) is 5.11 Å². The van der Waals surface area contributed by atoms with Crippen molar-refractivity contribution < 1.29 is 14.6 Å². The van der Waals surface area contributed by atoms with Gasteiger partial charge in [0.2, 0.25) is 0 Å². The summed E-state index contributed by atoms with van der Waals surface area (Å²) >= 11 is 0. The van der Waals surface area contributed by atoms with Gasteiger partial charge in [0.1, 0.15) is 0 Å². The van der Waals surface area contributed by atoms with Crippen LogP contribution in [0.3, 0.4) is 0 Å². The number of nitrogens with zero attached hydrogens (tertiary/aromatic N) is 3. The second-order valence-corrected chi connectivity index (χ2v) is 8.27. The van der Waals surface area contributed by atoms with Gasteiger partial charge in [-0.25, -0.2) is 0 Å². The molecular weight excluding hydrogens is 380 g/mol. The van der Waals surface area contributed by atoms with Gasteiger partial charge in [0.05, 0.1) is 32.5 Å². The van der Waals surface area contributed by atoms with Gasteiger partial charge in [-0.05, 0) is 30.9 Å². The Hall–Kier alpha value is -1.67. The average molecular weight is 419 g/mol. The van der Waals surface area contributed by atoms with E-state index in [1.54, 1.807) is 7.11 Å². The molecule has 168 valence electrons. The summed E-state index contributed by atoms with van der Waals surface area (Å²) in [6.45, 7) is 9.86. The Morgan fingerprint density at radius 2 is 2.10 bits per heavy atom. The molecule has 2 aliphatic rings. The lowest BCUT2D eigenvalue weighted by Gasteiger charge is -2.30. The highest BCUT2D eigenvalue weighted by molar-refractivity contribution is 5.80. The molecule has 0 spiro atoms. The predicted molar refractivity (Wildman–Crippen MR) is 120 cm³/mol. The number of guanidine groups is 1. The standard InChI is InChI=1S/C23H38N4O3/c1-3-24-23(27-11-8-19(15-27)18-30-13-12-29-2)25-14-22(28)17-26-10-9-20-6-4-5-7-21(20)16-26/h4-7,19,22,28H,3,8-18H2,1-2H3,(H,24,25). The summed E-state index contributed by atoms with van der Waals surface area (Å²) in [4.78, 5) is 9.36. The van der Waals surface area contributed by atoms with Gasteiger partial charge >= 0.3 is 0 Å². The molecule has 2 heterocycles. The van der Waals surface area contributed by atoms with Crippen LogP contribution in [0, 0.1) is 5.92 Å². The molecule has 3 rings (SSSR count). The van der Waals surface area contributed by atoms with Gasteiger partial charge in [-0.15, -0.1) is 0 Å². The molecule has 30 heavy (non-hydrogen) atoms. The van der Waals surface area contributed by atoms with Gasteiger partial charge in [0, 0.05) is 52.3 Å². The fourth-order valence-corrected chi connectivity index (χ4v) is 4.24. The normalized spacial score (nSPS) is 21.0. The van der Waals surface area contributed by atoms with E-state index in [-0.39, 0.29) is 0 Å². The minimum atomic E-state index is -0.459. The van der Waals surface area contributed by atoms with Crippen LogP contribution in [0.1, 0.15) is 24.5 Å². The number of aliphatic hydroxyl groups is 1. The first kappa shape index (κ1) is 23.0. The number of rotatable bonds is 10. The van der Waals surface area contributed by atoms with E-state index in [2.05, 4.69) is 46.3 Å². The van der Waals surface area contributed by atoms with E-state index in [0.29, 0.717) is 32.2 Å². The maximum atomic E-state index is 10.6. The van der Waals surface area contributed by atoms with Gasteiger partial charge in [-0.2, -0.15) is 0 Å². The highest BCUT2D eigenvalue weighted by Gasteiger charge is 2.25. The first-order valence-corrected chi connectivity index (χ1v) is 11.3. The van der Waals surface area contributed by atoms with Crippen LogP contribution in [0.4, 0.5) is 0 Å². The second-order valence-electron chi connectivity index (χ2n) is 8.27. The third-order valence-corrected chi connectivity index (χ3v) is 5.84. The summed E-state index contributed by atoms with van der Waals surface area (Å²) in [6.07, 6.45) is 1.70. The Morgan fingerprint density at radius 3 is 2.90 bits per heavy atom. The molecule has 1 aromatic carbocycles. The van der Waals surface area contributed by atoms with Crippen molar-refractivity contribution in [2.75, 3.05) is 66.2 Å². The topological polar surface area (TPSA) is 69.6 Å². The second kappa shape index (κ2) is 12.2. The molecular formula is C23H38N4O3. The quantitative estimate of drug-likeness (QED) is 0.340. The molecule has 2 unspecified atom stereocenters. The van der Waals surface area contributed by atoms with Gasteiger partial charge in [0.15, 0.2) is 5.96 Å². The van der Waals surface area contributed by atoms with Crippen LogP contribution >= 0.6 is 0 Å². The number of likely N-dealkylation sites (tertiary alicyclic amines) is 1. The number of methoxy groups -OCH3 is 1. The minimum absolute atomic E-state index is 0.423. The maximum Gasteiger partial charge on any atom is 0.194 e. The first-order chi connectivity index (χ1) is 14.7. The highest BCUT2D eigenvalue weighted by atomic mass is 16.5. The van der Waals surface area contributed by atoms with Crippen LogP contribution in [-0.2, 0) is 22.4 Å². The predicted octanol–water partition coefficient (Wildman–Crippen LogP) is 1.36. The molecule has 2 aliphatic heterocycles. The summed E-state index contributed by atoms with van der Waals surface area (Å²) in [5, 5.41) is 14.0. The number of β-amino-alcohol motifs (C(OH)–C–C–N with tert-alkyl or cyclic N) is 1. The molecule has 2 atom stereocenters. The molecule has 0 amide bonds. The lowest BCUT2D eigenvalue weighted by Crippen LogP contribution is -2.42. The fourth-order valence-electron chi connectivity index (χ4n) is 4.24. The largest absolute Gasteiger partial charge is 0.390 e. The Kier molecular flexibility index (Phi) is 9.39. The van der Waals surface area contributed by atoms with E-state index in [0.717, 1.165) is 58.1 Å². The number of nitrogens with one attached hydrogen (secondary N) is 1.